The largest absolute Gasteiger partial charge is 0.258 e. The van der Waals surface area contributed by atoms with Crippen molar-refractivity contribution in [1.82, 2.24) is 14.8 Å². The maximum absolute atomic E-state index is 5.01. The van der Waals surface area contributed by atoms with E-state index < -0.39 is 0 Å². The quantitative estimate of drug-likeness (QED) is 0.252. The van der Waals surface area contributed by atoms with Gasteiger partial charge in [0.1, 0.15) is 5.69 Å². The SMILES string of the molecule is CC(C)c1cccc(C(C)C)c1/N=C/c1nn(Cc2ccc3ccccc3n2)c2ccccc12. The molecule has 2 heterocycles. The van der Waals surface area contributed by atoms with Crippen molar-refractivity contribution in [2.24, 2.45) is 4.99 Å². The minimum Gasteiger partial charge on any atom is -0.258 e. The number of hydrogen-bond acceptors (Lipinski definition) is 3. The molecule has 0 radical (unpaired) electrons. The van der Waals surface area contributed by atoms with Gasteiger partial charge in [0, 0.05) is 10.8 Å². The number of benzene rings is 3. The Hall–Kier alpha value is -3.79. The van der Waals surface area contributed by atoms with Crippen molar-refractivity contribution in [2.75, 3.05) is 0 Å². The maximum Gasteiger partial charge on any atom is 0.111 e. The molecule has 5 aromatic rings. The van der Waals surface area contributed by atoms with Gasteiger partial charge in [0.05, 0.1) is 35.2 Å². The summed E-state index contributed by atoms with van der Waals surface area (Å²) < 4.78 is 2.03. The number of aliphatic imine (C=N–C) groups is 1. The number of aromatic nitrogens is 3. The van der Waals surface area contributed by atoms with Crippen molar-refractivity contribution in [3.05, 3.63) is 101 Å². The Bertz CT molecular complexity index is 1460. The predicted molar refractivity (Wildman–Crippen MR) is 142 cm³/mol. The van der Waals surface area contributed by atoms with Crippen LogP contribution in [0.5, 0.6) is 0 Å². The lowest BCUT2D eigenvalue weighted by Gasteiger charge is -2.16. The van der Waals surface area contributed by atoms with Gasteiger partial charge in [-0.25, -0.2) is 0 Å². The fourth-order valence-corrected chi connectivity index (χ4v) is 4.51. The molecule has 5 rings (SSSR count). The highest BCUT2D eigenvalue weighted by Crippen LogP contribution is 2.34. The van der Waals surface area contributed by atoms with E-state index in [0.29, 0.717) is 18.4 Å². The van der Waals surface area contributed by atoms with Gasteiger partial charge >= 0.3 is 0 Å². The van der Waals surface area contributed by atoms with Gasteiger partial charge in [0.2, 0.25) is 0 Å². The molecule has 4 heteroatoms. The molecule has 0 saturated carbocycles. The zero-order chi connectivity index (χ0) is 23.7. The van der Waals surface area contributed by atoms with Gasteiger partial charge in [0.15, 0.2) is 0 Å². The van der Waals surface area contributed by atoms with Crippen LogP contribution in [0.1, 0.15) is 62.0 Å². The van der Waals surface area contributed by atoms with E-state index in [0.717, 1.165) is 38.9 Å². The molecule has 170 valence electrons. The van der Waals surface area contributed by atoms with Crippen LogP contribution >= 0.6 is 0 Å². The van der Waals surface area contributed by atoms with E-state index in [1.165, 1.54) is 11.1 Å². The van der Waals surface area contributed by atoms with Crippen molar-refractivity contribution < 1.29 is 0 Å². The van der Waals surface area contributed by atoms with Gasteiger partial charge < -0.3 is 0 Å². The number of nitrogens with zero attached hydrogens (tertiary/aromatic N) is 4. The lowest BCUT2D eigenvalue weighted by molar-refractivity contribution is 0.697. The first kappa shape index (κ1) is 22.0. The first-order chi connectivity index (χ1) is 16.5. The molecule has 3 aromatic carbocycles. The zero-order valence-electron chi connectivity index (χ0n) is 20.2. The standard InChI is InChI=1S/C30H30N4/c1-20(2)24-12-9-13-25(21(3)4)30(24)31-18-28-26-11-6-8-15-29(26)34(33-28)19-23-17-16-22-10-5-7-14-27(22)32-23/h5-18,20-21H,19H2,1-4H3/b31-18+. The van der Waals surface area contributed by atoms with E-state index in [-0.39, 0.29) is 0 Å². The van der Waals surface area contributed by atoms with Gasteiger partial charge in [-0.15, -0.1) is 0 Å². The first-order valence-electron chi connectivity index (χ1n) is 12.0. The Morgan fingerprint density at radius 3 is 2.26 bits per heavy atom. The molecule has 0 aliphatic carbocycles. The third-order valence-corrected chi connectivity index (χ3v) is 6.31. The van der Waals surface area contributed by atoms with Crippen LogP contribution in [0.2, 0.25) is 0 Å². The fourth-order valence-electron chi connectivity index (χ4n) is 4.51. The van der Waals surface area contributed by atoms with Crippen LogP contribution < -0.4 is 0 Å². The number of pyridine rings is 1. The average molecular weight is 447 g/mol. The van der Waals surface area contributed by atoms with Crippen LogP contribution in [0.3, 0.4) is 0 Å². The second-order valence-corrected chi connectivity index (χ2v) is 9.41. The highest BCUT2D eigenvalue weighted by molar-refractivity contribution is 5.98. The van der Waals surface area contributed by atoms with E-state index in [1.54, 1.807) is 0 Å². The molecule has 0 N–H and O–H groups in total. The molecular formula is C30H30N4. The number of rotatable bonds is 6. The van der Waals surface area contributed by atoms with E-state index in [1.807, 2.05) is 23.0 Å². The molecule has 0 spiro atoms. The molecule has 2 aromatic heterocycles. The van der Waals surface area contributed by atoms with Crippen molar-refractivity contribution in [3.8, 4) is 0 Å². The maximum atomic E-state index is 5.01. The summed E-state index contributed by atoms with van der Waals surface area (Å²) in [7, 11) is 0. The fraction of sp³-hybridized carbons (Fsp3) is 0.233. The topological polar surface area (TPSA) is 43.1 Å². The van der Waals surface area contributed by atoms with Crippen LogP contribution in [0.4, 0.5) is 5.69 Å². The van der Waals surface area contributed by atoms with Gasteiger partial charge in [-0.05, 0) is 41.2 Å². The van der Waals surface area contributed by atoms with Crippen LogP contribution in [0.15, 0.2) is 83.9 Å². The van der Waals surface area contributed by atoms with E-state index in [9.17, 15) is 0 Å². The lowest BCUT2D eigenvalue weighted by atomic mass is 9.93. The minimum absolute atomic E-state index is 0.402. The monoisotopic (exact) mass is 446 g/mol. The molecule has 34 heavy (non-hydrogen) atoms. The van der Waals surface area contributed by atoms with E-state index >= 15 is 0 Å². The van der Waals surface area contributed by atoms with Crippen molar-refractivity contribution in [1.29, 1.82) is 0 Å². The van der Waals surface area contributed by atoms with Crippen LogP contribution in [0, 0.1) is 0 Å². The molecule has 0 saturated heterocycles. The molecule has 0 aliphatic rings. The Kier molecular flexibility index (Phi) is 5.97. The second-order valence-electron chi connectivity index (χ2n) is 9.41. The van der Waals surface area contributed by atoms with Crippen molar-refractivity contribution in [3.63, 3.8) is 0 Å². The lowest BCUT2D eigenvalue weighted by Crippen LogP contribution is -2.04. The van der Waals surface area contributed by atoms with E-state index in [4.69, 9.17) is 15.1 Å². The Labute approximate surface area is 201 Å². The zero-order valence-corrected chi connectivity index (χ0v) is 20.2. The highest BCUT2D eigenvalue weighted by Gasteiger charge is 2.14. The second kappa shape index (κ2) is 9.22. The number of para-hydroxylation sites is 3. The van der Waals surface area contributed by atoms with E-state index in [2.05, 4.69) is 94.4 Å². The van der Waals surface area contributed by atoms with Gasteiger partial charge in [0.25, 0.3) is 0 Å². The summed E-state index contributed by atoms with van der Waals surface area (Å²) in [6.07, 6.45) is 1.93. The van der Waals surface area contributed by atoms with Crippen LogP contribution in [-0.4, -0.2) is 21.0 Å². The normalized spacial score (nSPS) is 12.1. The van der Waals surface area contributed by atoms with Crippen molar-refractivity contribution >= 4 is 33.7 Å². The molecule has 4 nitrogen and oxygen atoms in total. The Morgan fingerprint density at radius 2 is 1.50 bits per heavy atom. The summed E-state index contributed by atoms with van der Waals surface area (Å²) in [6, 6.07) is 27.3. The molecule has 0 aliphatic heterocycles. The third kappa shape index (κ3) is 4.24. The molecule has 0 atom stereocenters. The smallest absolute Gasteiger partial charge is 0.111 e. The third-order valence-electron chi connectivity index (χ3n) is 6.31. The van der Waals surface area contributed by atoms with Crippen molar-refractivity contribution in [2.45, 2.75) is 46.1 Å². The molecule has 0 fully saturated rings. The molecule has 0 bridgehead atoms. The summed E-state index contributed by atoms with van der Waals surface area (Å²) in [5.74, 6) is 0.804. The average Bonchev–Trinajstić information content (AvgIpc) is 3.19. The predicted octanol–water partition coefficient (Wildman–Crippen LogP) is 7.63. The molecule has 0 amide bonds. The molecule has 0 unspecified atom stereocenters. The highest BCUT2D eigenvalue weighted by atomic mass is 15.3. The summed E-state index contributed by atoms with van der Waals surface area (Å²) in [5, 5.41) is 7.20. The Balaban J connectivity index is 1.55. The Morgan fingerprint density at radius 1 is 0.794 bits per heavy atom. The van der Waals surface area contributed by atoms with Crippen LogP contribution in [-0.2, 0) is 6.54 Å². The summed E-state index contributed by atoms with van der Waals surface area (Å²) in [6.45, 7) is 9.50. The minimum atomic E-state index is 0.402. The summed E-state index contributed by atoms with van der Waals surface area (Å²) >= 11 is 0. The van der Waals surface area contributed by atoms with Crippen LogP contribution in [0.25, 0.3) is 21.8 Å². The number of fused-ring (bicyclic) bond motifs is 2. The number of hydrogen-bond donors (Lipinski definition) is 0. The van der Waals surface area contributed by atoms with Gasteiger partial charge in [-0.1, -0.05) is 88.4 Å². The van der Waals surface area contributed by atoms with Gasteiger partial charge in [-0.3, -0.25) is 14.7 Å². The summed E-state index contributed by atoms with van der Waals surface area (Å²) in [4.78, 5) is 9.86. The van der Waals surface area contributed by atoms with Gasteiger partial charge in [-0.2, -0.15) is 5.10 Å². The summed E-state index contributed by atoms with van der Waals surface area (Å²) in [5.41, 5.74) is 7.57. The molecular weight excluding hydrogens is 416 g/mol. The first-order valence-corrected chi connectivity index (χ1v) is 12.0.